The molecule has 0 saturated carbocycles. The van der Waals surface area contributed by atoms with Crippen molar-refractivity contribution in [2.45, 2.75) is 79.2 Å². The van der Waals surface area contributed by atoms with E-state index in [2.05, 4.69) is 6.92 Å². The summed E-state index contributed by atoms with van der Waals surface area (Å²) in [6.07, 6.45) is 8.65. The molecular weight excluding hydrogens is 290 g/mol. The van der Waals surface area contributed by atoms with E-state index in [1.165, 1.54) is 36.3 Å². The number of hydrogen-bond donors (Lipinski definition) is 0. The molecule has 1 rings (SSSR count). The molecule has 23 heavy (non-hydrogen) atoms. The third-order valence-electron chi connectivity index (χ3n) is 4.75. The smallest absolute Gasteiger partial charge is 0.253 e. The summed E-state index contributed by atoms with van der Waals surface area (Å²) in [5.74, 6) is -0.484. The third-order valence-corrected chi connectivity index (χ3v) is 4.75. The molecule has 0 bridgehead atoms. The summed E-state index contributed by atoms with van der Waals surface area (Å²) in [5.41, 5.74) is -0.343. The Morgan fingerprint density at radius 2 is 1.65 bits per heavy atom. The van der Waals surface area contributed by atoms with E-state index in [0.717, 1.165) is 12.8 Å². The van der Waals surface area contributed by atoms with E-state index in [-0.39, 0.29) is 35.0 Å². The minimum absolute atomic E-state index is 0.160. The van der Waals surface area contributed by atoms with E-state index < -0.39 is 0 Å². The maximum Gasteiger partial charge on any atom is 0.253 e. The van der Waals surface area contributed by atoms with Crippen LogP contribution < -0.4 is 0 Å². The Morgan fingerprint density at radius 3 is 2.17 bits per heavy atom. The second-order valence-electron chi connectivity index (χ2n) is 7.42. The minimum Gasteiger partial charge on any atom is -0.299 e. The SMILES string of the molecule is CCCCCCC(C)(C)C(=O)C(C)CC(C)N1C(=O)C=CC1=O. The average Bonchev–Trinajstić information content (AvgIpc) is 2.81. The van der Waals surface area contributed by atoms with Gasteiger partial charge in [-0.25, -0.2) is 0 Å². The largest absolute Gasteiger partial charge is 0.299 e. The van der Waals surface area contributed by atoms with Gasteiger partial charge in [-0.2, -0.15) is 0 Å². The van der Waals surface area contributed by atoms with E-state index in [0.29, 0.717) is 6.42 Å². The topological polar surface area (TPSA) is 54.5 Å². The number of nitrogens with zero attached hydrogens (tertiary/aromatic N) is 1. The first-order valence-electron chi connectivity index (χ1n) is 8.80. The fourth-order valence-corrected chi connectivity index (χ4v) is 3.35. The van der Waals surface area contributed by atoms with Gasteiger partial charge in [0.25, 0.3) is 11.8 Å². The van der Waals surface area contributed by atoms with Gasteiger partial charge in [0.15, 0.2) is 0 Å². The molecule has 0 spiro atoms. The zero-order chi connectivity index (χ0) is 17.6. The summed E-state index contributed by atoms with van der Waals surface area (Å²) in [4.78, 5) is 37.4. The lowest BCUT2D eigenvalue weighted by Gasteiger charge is -2.30. The van der Waals surface area contributed by atoms with Gasteiger partial charge in [0.2, 0.25) is 0 Å². The van der Waals surface area contributed by atoms with Crippen molar-refractivity contribution in [1.82, 2.24) is 4.90 Å². The van der Waals surface area contributed by atoms with Crippen molar-refractivity contribution in [2.75, 3.05) is 0 Å². The Morgan fingerprint density at radius 1 is 1.09 bits per heavy atom. The summed E-state index contributed by atoms with van der Waals surface area (Å²) in [7, 11) is 0. The number of amides is 2. The van der Waals surface area contributed by atoms with Gasteiger partial charge >= 0.3 is 0 Å². The first-order valence-corrected chi connectivity index (χ1v) is 8.80. The van der Waals surface area contributed by atoms with Gasteiger partial charge < -0.3 is 0 Å². The average molecular weight is 321 g/mol. The van der Waals surface area contributed by atoms with Gasteiger partial charge in [-0.3, -0.25) is 19.3 Å². The first kappa shape index (κ1) is 19.6. The van der Waals surface area contributed by atoms with Crippen molar-refractivity contribution < 1.29 is 14.4 Å². The normalized spacial score (nSPS) is 17.7. The van der Waals surface area contributed by atoms with Gasteiger partial charge in [0, 0.05) is 29.5 Å². The van der Waals surface area contributed by atoms with Crippen LogP contribution in [0.4, 0.5) is 0 Å². The number of rotatable bonds is 10. The summed E-state index contributed by atoms with van der Waals surface area (Å²) in [5, 5.41) is 0. The van der Waals surface area contributed by atoms with Crippen molar-refractivity contribution in [3.05, 3.63) is 12.2 Å². The van der Waals surface area contributed by atoms with Crippen molar-refractivity contribution in [2.24, 2.45) is 11.3 Å². The molecule has 1 heterocycles. The number of unbranched alkanes of at least 4 members (excludes halogenated alkanes) is 3. The molecule has 0 aromatic carbocycles. The summed E-state index contributed by atoms with van der Waals surface area (Å²) in [6, 6.07) is -0.250. The number of carbonyl (C=O) groups is 3. The molecule has 2 unspecified atom stereocenters. The Hall–Kier alpha value is -1.45. The molecule has 1 aliphatic heterocycles. The van der Waals surface area contributed by atoms with Gasteiger partial charge in [-0.05, 0) is 19.8 Å². The van der Waals surface area contributed by atoms with Crippen molar-refractivity contribution >= 4 is 17.6 Å². The monoisotopic (exact) mass is 321 g/mol. The highest BCUT2D eigenvalue weighted by Gasteiger charge is 2.34. The molecule has 0 aromatic heterocycles. The minimum atomic E-state index is -0.343. The van der Waals surface area contributed by atoms with Crippen LogP contribution in [0.15, 0.2) is 12.2 Å². The second-order valence-corrected chi connectivity index (χ2v) is 7.42. The zero-order valence-electron chi connectivity index (χ0n) is 15.2. The maximum absolute atomic E-state index is 12.7. The van der Waals surface area contributed by atoms with E-state index in [1.54, 1.807) is 0 Å². The van der Waals surface area contributed by atoms with E-state index in [9.17, 15) is 14.4 Å². The van der Waals surface area contributed by atoms with Crippen LogP contribution >= 0.6 is 0 Å². The molecule has 0 N–H and O–H groups in total. The van der Waals surface area contributed by atoms with E-state index >= 15 is 0 Å². The van der Waals surface area contributed by atoms with Crippen LogP contribution in [-0.2, 0) is 14.4 Å². The molecule has 0 saturated heterocycles. The molecule has 0 radical (unpaired) electrons. The highest BCUT2D eigenvalue weighted by Crippen LogP contribution is 2.30. The third kappa shape index (κ3) is 5.29. The van der Waals surface area contributed by atoms with Crippen LogP contribution in [0.1, 0.15) is 73.1 Å². The quantitative estimate of drug-likeness (QED) is 0.453. The van der Waals surface area contributed by atoms with Gasteiger partial charge in [0.05, 0.1) is 0 Å². The fraction of sp³-hybridized carbons (Fsp3) is 0.737. The van der Waals surface area contributed by atoms with Crippen LogP contribution in [-0.4, -0.2) is 28.5 Å². The number of imide groups is 1. The number of ketones is 1. The molecule has 2 atom stereocenters. The van der Waals surface area contributed by atoms with Gasteiger partial charge in [0.1, 0.15) is 5.78 Å². The van der Waals surface area contributed by atoms with Crippen LogP contribution in [0.2, 0.25) is 0 Å². The fourth-order valence-electron chi connectivity index (χ4n) is 3.35. The standard InChI is InChI=1S/C19H31NO3/c1-6-7-8-9-12-19(4,5)18(23)14(2)13-15(3)20-16(21)10-11-17(20)22/h10-11,14-15H,6-9,12-13H2,1-5H3. The number of Topliss-reactive ketones (excluding diaryl/α,β-unsaturated/α-hetero) is 1. The first-order chi connectivity index (χ1) is 10.7. The molecule has 0 fully saturated rings. The van der Waals surface area contributed by atoms with Crippen LogP contribution in [0.25, 0.3) is 0 Å². The van der Waals surface area contributed by atoms with Gasteiger partial charge in [-0.1, -0.05) is 53.4 Å². The Bertz CT molecular complexity index is 461. The van der Waals surface area contributed by atoms with E-state index in [1.807, 2.05) is 27.7 Å². The van der Waals surface area contributed by atoms with Crippen molar-refractivity contribution in [3.8, 4) is 0 Å². The Labute approximate surface area is 140 Å². The molecule has 0 aliphatic carbocycles. The van der Waals surface area contributed by atoms with Crippen molar-refractivity contribution in [1.29, 1.82) is 0 Å². The van der Waals surface area contributed by atoms with Crippen LogP contribution in [0.5, 0.6) is 0 Å². The lowest BCUT2D eigenvalue weighted by Crippen LogP contribution is -2.41. The predicted octanol–water partition coefficient (Wildman–Crippen LogP) is 3.89. The highest BCUT2D eigenvalue weighted by molar-refractivity contribution is 6.13. The molecule has 4 heteroatoms. The summed E-state index contributed by atoms with van der Waals surface area (Å²) < 4.78 is 0. The summed E-state index contributed by atoms with van der Waals surface area (Å²) in [6.45, 7) is 9.94. The second kappa shape index (κ2) is 8.42. The Kier molecular flexibility index (Phi) is 7.17. The Balaban J connectivity index is 2.55. The molecule has 2 amide bonds. The lowest BCUT2D eigenvalue weighted by molar-refractivity contribution is -0.141. The summed E-state index contributed by atoms with van der Waals surface area (Å²) >= 11 is 0. The van der Waals surface area contributed by atoms with Crippen LogP contribution in [0.3, 0.4) is 0 Å². The molecular formula is C19H31NO3. The van der Waals surface area contributed by atoms with Crippen LogP contribution in [0, 0.1) is 11.3 Å². The molecule has 1 aliphatic rings. The van der Waals surface area contributed by atoms with Crippen molar-refractivity contribution in [3.63, 3.8) is 0 Å². The number of carbonyl (C=O) groups excluding carboxylic acids is 3. The highest BCUT2D eigenvalue weighted by atomic mass is 16.2. The molecule has 130 valence electrons. The van der Waals surface area contributed by atoms with E-state index in [4.69, 9.17) is 0 Å². The predicted molar refractivity (Wildman–Crippen MR) is 91.8 cm³/mol. The molecule has 4 nitrogen and oxygen atoms in total. The maximum atomic E-state index is 12.7. The van der Waals surface area contributed by atoms with Gasteiger partial charge in [-0.15, -0.1) is 0 Å². The number of hydrogen-bond acceptors (Lipinski definition) is 3. The molecule has 0 aromatic rings. The lowest BCUT2D eigenvalue weighted by atomic mass is 9.76. The zero-order valence-corrected chi connectivity index (χ0v) is 15.2.